The minimum atomic E-state index is -0.730. The summed E-state index contributed by atoms with van der Waals surface area (Å²) >= 11 is 1.45. The molecule has 0 saturated heterocycles. The van der Waals surface area contributed by atoms with Crippen molar-refractivity contribution in [3.63, 3.8) is 0 Å². The van der Waals surface area contributed by atoms with Crippen molar-refractivity contribution >= 4 is 11.3 Å². The van der Waals surface area contributed by atoms with E-state index in [-0.39, 0.29) is 0 Å². The molecule has 0 saturated carbocycles. The van der Waals surface area contributed by atoms with E-state index in [9.17, 15) is 5.11 Å². The third-order valence-electron chi connectivity index (χ3n) is 1.76. The summed E-state index contributed by atoms with van der Waals surface area (Å²) < 4.78 is 1.53. The zero-order valence-electron chi connectivity index (χ0n) is 6.95. The van der Waals surface area contributed by atoms with E-state index < -0.39 is 6.10 Å². The largest absolute Gasteiger partial charge is 0.380 e. The van der Waals surface area contributed by atoms with Crippen molar-refractivity contribution in [1.82, 2.24) is 20.0 Å². The van der Waals surface area contributed by atoms with Gasteiger partial charge < -0.3 is 5.11 Å². The molecule has 0 aliphatic heterocycles. The molecule has 2 rings (SSSR count). The van der Waals surface area contributed by atoms with Crippen LogP contribution in [0.5, 0.6) is 0 Å². The molecule has 0 amide bonds. The first-order chi connectivity index (χ1) is 6.29. The van der Waals surface area contributed by atoms with Gasteiger partial charge in [0.25, 0.3) is 0 Å². The van der Waals surface area contributed by atoms with E-state index >= 15 is 0 Å². The van der Waals surface area contributed by atoms with Gasteiger partial charge in [0.05, 0.1) is 23.1 Å². The highest BCUT2D eigenvalue weighted by molar-refractivity contribution is 7.07. The summed E-state index contributed by atoms with van der Waals surface area (Å²) in [6.07, 6.45) is 0.801. The van der Waals surface area contributed by atoms with E-state index in [1.807, 2.05) is 0 Å². The van der Waals surface area contributed by atoms with Gasteiger partial charge in [0, 0.05) is 12.4 Å². The number of rotatable bonds is 2. The molecule has 0 bridgehead atoms. The first-order valence-corrected chi connectivity index (χ1v) is 4.64. The van der Waals surface area contributed by atoms with Crippen LogP contribution in [-0.2, 0) is 7.05 Å². The summed E-state index contributed by atoms with van der Waals surface area (Å²) in [5.74, 6) is 0. The van der Waals surface area contributed by atoms with E-state index in [4.69, 9.17) is 0 Å². The van der Waals surface area contributed by atoms with Crippen molar-refractivity contribution in [2.45, 2.75) is 6.10 Å². The number of hydrogen-bond acceptors (Lipinski definition) is 5. The van der Waals surface area contributed by atoms with Gasteiger partial charge in [0.15, 0.2) is 0 Å². The minimum Gasteiger partial charge on any atom is -0.380 e. The number of nitrogens with zero attached hydrogens (tertiary/aromatic N) is 4. The molecule has 1 atom stereocenters. The Morgan fingerprint density at radius 1 is 1.62 bits per heavy atom. The quantitative estimate of drug-likeness (QED) is 0.753. The van der Waals surface area contributed by atoms with Crippen LogP contribution in [0, 0.1) is 0 Å². The summed E-state index contributed by atoms with van der Waals surface area (Å²) in [5, 5.41) is 19.0. The van der Waals surface area contributed by atoms with E-state index in [0.29, 0.717) is 11.4 Å². The van der Waals surface area contributed by atoms with Crippen LogP contribution in [0.2, 0.25) is 0 Å². The van der Waals surface area contributed by atoms with Crippen LogP contribution in [0.1, 0.15) is 17.5 Å². The van der Waals surface area contributed by atoms with Gasteiger partial charge in [0.1, 0.15) is 6.10 Å². The summed E-state index contributed by atoms with van der Waals surface area (Å²) in [6, 6.07) is 0. The van der Waals surface area contributed by atoms with Crippen molar-refractivity contribution in [2.75, 3.05) is 0 Å². The monoisotopic (exact) mass is 196 g/mol. The third kappa shape index (κ3) is 1.45. The van der Waals surface area contributed by atoms with Gasteiger partial charge >= 0.3 is 0 Å². The molecule has 0 aromatic carbocycles. The van der Waals surface area contributed by atoms with Crippen LogP contribution in [-0.4, -0.2) is 25.1 Å². The van der Waals surface area contributed by atoms with Crippen LogP contribution in [0.4, 0.5) is 0 Å². The number of hydrogen-bond donors (Lipinski definition) is 1. The number of aromatic nitrogens is 4. The highest BCUT2D eigenvalue weighted by Crippen LogP contribution is 2.19. The summed E-state index contributed by atoms with van der Waals surface area (Å²) in [7, 11) is 1.73. The van der Waals surface area contributed by atoms with Crippen molar-refractivity contribution in [3.05, 3.63) is 28.5 Å². The van der Waals surface area contributed by atoms with E-state index in [0.717, 1.165) is 0 Å². The molecule has 68 valence electrons. The number of thiazole rings is 1. The Morgan fingerprint density at radius 2 is 2.46 bits per heavy atom. The van der Waals surface area contributed by atoms with Gasteiger partial charge in [-0.2, -0.15) is 0 Å². The second-order valence-corrected chi connectivity index (χ2v) is 3.32. The Morgan fingerprint density at radius 3 is 3.00 bits per heavy atom. The van der Waals surface area contributed by atoms with Crippen molar-refractivity contribution in [1.29, 1.82) is 0 Å². The number of aliphatic hydroxyl groups is 1. The average Bonchev–Trinajstić information content (AvgIpc) is 2.72. The van der Waals surface area contributed by atoms with Crippen LogP contribution < -0.4 is 0 Å². The predicted molar refractivity (Wildman–Crippen MR) is 47.2 cm³/mol. The molecular weight excluding hydrogens is 188 g/mol. The molecule has 5 nitrogen and oxygen atoms in total. The van der Waals surface area contributed by atoms with E-state index in [2.05, 4.69) is 15.3 Å². The normalized spacial score (nSPS) is 13.1. The van der Waals surface area contributed by atoms with Crippen LogP contribution >= 0.6 is 11.3 Å². The number of aliphatic hydroxyl groups excluding tert-OH is 1. The van der Waals surface area contributed by atoms with Crippen LogP contribution in [0.25, 0.3) is 0 Å². The maximum absolute atomic E-state index is 9.79. The zero-order valence-corrected chi connectivity index (χ0v) is 7.77. The van der Waals surface area contributed by atoms with E-state index in [1.54, 1.807) is 17.9 Å². The SMILES string of the molecule is Cn1nncc1C(O)c1cscn1. The fraction of sp³-hybridized carbons (Fsp3) is 0.286. The molecule has 0 aliphatic carbocycles. The first-order valence-electron chi connectivity index (χ1n) is 3.70. The van der Waals surface area contributed by atoms with Crippen molar-refractivity contribution < 1.29 is 5.11 Å². The lowest BCUT2D eigenvalue weighted by Crippen LogP contribution is -2.06. The Kier molecular flexibility index (Phi) is 2.07. The maximum Gasteiger partial charge on any atom is 0.140 e. The fourth-order valence-corrected chi connectivity index (χ4v) is 1.63. The molecule has 0 fully saturated rings. The topological polar surface area (TPSA) is 63.8 Å². The molecule has 1 unspecified atom stereocenters. The minimum absolute atomic E-state index is 0.635. The van der Waals surface area contributed by atoms with Gasteiger partial charge in [-0.15, -0.1) is 16.4 Å². The molecule has 2 heterocycles. The summed E-state index contributed by atoms with van der Waals surface area (Å²) in [4.78, 5) is 4.01. The highest BCUT2D eigenvalue weighted by atomic mass is 32.1. The summed E-state index contributed by atoms with van der Waals surface area (Å²) in [6.45, 7) is 0. The van der Waals surface area contributed by atoms with Gasteiger partial charge in [-0.1, -0.05) is 5.21 Å². The lowest BCUT2D eigenvalue weighted by Gasteiger charge is -2.05. The lowest BCUT2D eigenvalue weighted by molar-refractivity contribution is 0.205. The standard InChI is InChI=1S/C7H8N4OS/c1-11-6(2-9-10-11)7(12)5-3-13-4-8-5/h2-4,7,12H,1H3. The maximum atomic E-state index is 9.79. The highest BCUT2D eigenvalue weighted by Gasteiger charge is 2.15. The molecule has 2 aromatic rings. The molecule has 6 heteroatoms. The second-order valence-electron chi connectivity index (χ2n) is 2.60. The van der Waals surface area contributed by atoms with E-state index in [1.165, 1.54) is 22.2 Å². The summed E-state index contributed by atoms with van der Waals surface area (Å²) in [5.41, 5.74) is 2.96. The molecule has 0 radical (unpaired) electrons. The molecule has 0 spiro atoms. The van der Waals surface area contributed by atoms with Crippen molar-refractivity contribution in [3.8, 4) is 0 Å². The first kappa shape index (κ1) is 8.33. The Hall–Kier alpha value is -1.27. The Balaban J connectivity index is 2.33. The molecule has 2 aromatic heterocycles. The van der Waals surface area contributed by atoms with Gasteiger partial charge in [-0.3, -0.25) is 0 Å². The van der Waals surface area contributed by atoms with Gasteiger partial charge in [-0.25, -0.2) is 9.67 Å². The third-order valence-corrected chi connectivity index (χ3v) is 2.37. The van der Waals surface area contributed by atoms with Crippen LogP contribution in [0.15, 0.2) is 17.1 Å². The molecule has 0 aliphatic rings. The Bertz CT molecular complexity index is 383. The molecule has 1 N–H and O–H groups in total. The average molecular weight is 196 g/mol. The fourth-order valence-electron chi connectivity index (χ4n) is 1.05. The predicted octanol–water partition coefficient (Wildman–Crippen LogP) is 0.353. The molecular formula is C7H8N4OS. The van der Waals surface area contributed by atoms with Crippen LogP contribution in [0.3, 0.4) is 0 Å². The zero-order chi connectivity index (χ0) is 9.26. The van der Waals surface area contributed by atoms with Gasteiger partial charge in [0.2, 0.25) is 0 Å². The Labute approximate surface area is 78.7 Å². The van der Waals surface area contributed by atoms with Gasteiger partial charge in [-0.05, 0) is 0 Å². The molecule has 13 heavy (non-hydrogen) atoms. The smallest absolute Gasteiger partial charge is 0.140 e. The van der Waals surface area contributed by atoms with Crippen molar-refractivity contribution in [2.24, 2.45) is 7.05 Å². The number of aryl methyl sites for hydroxylation is 1. The lowest BCUT2D eigenvalue weighted by atomic mass is 10.2. The second kappa shape index (κ2) is 3.23.